The van der Waals surface area contributed by atoms with Gasteiger partial charge in [-0.25, -0.2) is 4.99 Å². The minimum atomic E-state index is 0.111. The van der Waals surface area contributed by atoms with Gasteiger partial charge in [0, 0.05) is 18.4 Å². The van der Waals surface area contributed by atoms with Crippen molar-refractivity contribution in [2.75, 3.05) is 6.61 Å². The molecule has 4 rings (SSSR count). The number of ketones is 1. The van der Waals surface area contributed by atoms with Gasteiger partial charge in [0.05, 0.1) is 11.4 Å². The molecule has 25 heavy (non-hydrogen) atoms. The highest BCUT2D eigenvalue weighted by molar-refractivity contribution is 6.44. The van der Waals surface area contributed by atoms with Crippen molar-refractivity contribution >= 4 is 17.2 Å². The van der Waals surface area contributed by atoms with E-state index in [1.54, 1.807) is 0 Å². The van der Waals surface area contributed by atoms with Gasteiger partial charge in [0.1, 0.15) is 0 Å². The Balaban J connectivity index is 1.77. The van der Waals surface area contributed by atoms with E-state index in [2.05, 4.69) is 13.8 Å². The number of para-hydroxylation sites is 1. The molecule has 1 aromatic carbocycles. The fourth-order valence-corrected chi connectivity index (χ4v) is 5.84. The van der Waals surface area contributed by atoms with Crippen LogP contribution in [-0.2, 0) is 11.2 Å². The van der Waals surface area contributed by atoms with Crippen LogP contribution in [0.2, 0.25) is 0 Å². The van der Waals surface area contributed by atoms with Gasteiger partial charge in [-0.3, -0.25) is 4.79 Å². The van der Waals surface area contributed by atoms with Crippen LogP contribution in [0.4, 0.5) is 5.69 Å². The van der Waals surface area contributed by atoms with Crippen molar-refractivity contribution in [3.63, 3.8) is 0 Å². The second-order valence-corrected chi connectivity index (χ2v) is 8.46. The summed E-state index contributed by atoms with van der Waals surface area (Å²) in [5.41, 5.74) is 2.75. The zero-order valence-electron chi connectivity index (χ0n) is 15.3. The van der Waals surface area contributed by atoms with Crippen LogP contribution >= 0.6 is 0 Å². The quantitative estimate of drug-likeness (QED) is 0.897. The van der Waals surface area contributed by atoms with Crippen molar-refractivity contribution < 1.29 is 9.90 Å². The molecule has 0 amide bonds. The molecule has 3 aliphatic rings. The lowest BCUT2D eigenvalue weighted by atomic mass is 9.59. The van der Waals surface area contributed by atoms with E-state index in [4.69, 9.17) is 4.99 Å². The number of Topliss-reactive ketones (excluding diaryl/α,β-unsaturated/α-hetero) is 1. The molecule has 3 heteroatoms. The predicted octanol–water partition coefficient (Wildman–Crippen LogP) is 4.20. The number of hydrogen-bond donors (Lipinski definition) is 1. The van der Waals surface area contributed by atoms with Crippen molar-refractivity contribution in [3.8, 4) is 0 Å². The second kappa shape index (κ2) is 6.68. The number of nitrogens with zero attached hydrogens (tertiary/aromatic N) is 1. The van der Waals surface area contributed by atoms with Crippen LogP contribution in [0.5, 0.6) is 0 Å². The molecule has 1 N–H and O–H groups in total. The Morgan fingerprint density at radius 3 is 2.44 bits per heavy atom. The van der Waals surface area contributed by atoms with Gasteiger partial charge < -0.3 is 5.11 Å². The molecule has 3 fully saturated rings. The largest absolute Gasteiger partial charge is 0.396 e. The van der Waals surface area contributed by atoms with Crippen LogP contribution < -0.4 is 0 Å². The Labute approximate surface area is 150 Å². The van der Waals surface area contributed by atoms with Gasteiger partial charge in [-0.2, -0.15) is 0 Å². The summed E-state index contributed by atoms with van der Waals surface area (Å²) in [7, 11) is 0. The smallest absolute Gasteiger partial charge is 0.180 e. The topological polar surface area (TPSA) is 49.7 Å². The average molecular weight is 339 g/mol. The van der Waals surface area contributed by atoms with E-state index in [0.717, 1.165) is 17.0 Å². The Morgan fingerprint density at radius 2 is 1.72 bits per heavy atom. The number of aliphatic hydroxyl groups excluding tert-OH is 1. The zero-order valence-corrected chi connectivity index (χ0v) is 15.3. The number of aliphatic imine (C=N–C) groups is 1. The van der Waals surface area contributed by atoms with E-state index in [1.807, 2.05) is 24.3 Å². The Morgan fingerprint density at radius 1 is 1.04 bits per heavy atom. The summed E-state index contributed by atoms with van der Waals surface area (Å²) in [5.74, 6) is 3.11. The first-order valence-electron chi connectivity index (χ1n) is 9.93. The molecule has 0 bridgehead atoms. The van der Waals surface area contributed by atoms with E-state index >= 15 is 0 Å². The normalized spacial score (nSPS) is 38.8. The van der Waals surface area contributed by atoms with Crippen molar-refractivity contribution in [3.05, 3.63) is 29.8 Å². The highest BCUT2D eigenvalue weighted by atomic mass is 16.3. The number of carbonyl (C=O) groups is 1. The number of rotatable bonds is 3. The van der Waals surface area contributed by atoms with Crippen LogP contribution in [0.1, 0.15) is 45.1 Å². The third-order valence-electron chi connectivity index (χ3n) is 7.07. The molecular weight excluding hydrogens is 310 g/mol. The standard InChI is InChI=1S/C22H29NO2/c1-13-7-9-16-10-8-14(2)19-20(16)18(13)21(22(19)25)23-17-6-4-3-5-15(17)11-12-24/h3-6,13-14,16,18-20,24H,7-12H2,1-2H3. The van der Waals surface area contributed by atoms with Crippen LogP contribution in [0, 0.1) is 35.5 Å². The Kier molecular flexibility index (Phi) is 4.53. The minimum absolute atomic E-state index is 0.111. The van der Waals surface area contributed by atoms with Crippen molar-refractivity contribution in [2.45, 2.75) is 46.0 Å². The first-order chi connectivity index (χ1) is 12.1. The molecule has 1 aromatic rings. The first kappa shape index (κ1) is 17.0. The van der Waals surface area contributed by atoms with Crippen LogP contribution in [-0.4, -0.2) is 23.2 Å². The molecular formula is C22H29NO2. The zero-order chi connectivity index (χ0) is 17.6. The van der Waals surface area contributed by atoms with Gasteiger partial charge in [-0.15, -0.1) is 0 Å². The lowest BCUT2D eigenvalue weighted by Gasteiger charge is -2.44. The van der Waals surface area contributed by atoms with Crippen LogP contribution in [0.25, 0.3) is 0 Å². The van der Waals surface area contributed by atoms with Gasteiger partial charge in [-0.05, 0) is 67.4 Å². The fraction of sp³-hybridized carbons (Fsp3) is 0.636. The summed E-state index contributed by atoms with van der Waals surface area (Å²) in [5, 5.41) is 9.33. The maximum atomic E-state index is 13.3. The van der Waals surface area contributed by atoms with E-state index in [1.165, 1.54) is 25.7 Å². The molecule has 3 aliphatic carbocycles. The third-order valence-corrected chi connectivity index (χ3v) is 7.07. The number of benzene rings is 1. The number of carbonyl (C=O) groups excluding carboxylic acids is 1. The molecule has 0 saturated heterocycles. The molecule has 6 atom stereocenters. The summed E-state index contributed by atoms with van der Waals surface area (Å²) in [6.45, 7) is 4.68. The SMILES string of the molecule is CC1CCC2CCC(C)C3C(=Nc4ccccc4CCO)C(=O)C1C23. The summed E-state index contributed by atoms with van der Waals surface area (Å²) in [6, 6.07) is 7.95. The molecule has 0 aliphatic heterocycles. The lowest BCUT2D eigenvalue weighted by molar-refractivity contribution is -0.120. The van der Waals surface area contributed by atoms with E-state index in [9.17, 15) is 9.90 Å². The summed E-state index contributed by atoms with van der Waals surface area (Å²) in [6.07, 6.45) is 5.57. The Bertz CT molecular complexity index is 693. The van der Waals surface area contributed by atoms with E-state index in [-0.39, 0.29) is 12.5 Å². The van der Waals surface area contributed by atoms with Crippen molar-refractivity contribution in [1.29, 1.82) is 0 Å². The maximum absolute atomic E-state index is 13.3. The molecule has 0 aromatic heterocycles. The fourth-order valence-electron chi connectivity index (χ4n) is 5.84. The van der Waals surface area contributed by atoms with Gasteiger partial charge >= 0.3 is 0 Å². The maximum Gasteiger partial charge on any atom is 0.180 e. The third kappa shape index (κ3) is 2.77. The molecule has 0 spiro atoms. The highest BCUT2D eigenvalue weighted by Crippen LogP contribution is 2.55. The predicted molar refractivity (Wildman–Crippen MR) is 100 cm³/mol. The van der Waals surface area contributed by atoms with Gasteiger partial charge in [0.2, 0.25) is 0 Å². The molecule has 6 unspecified atom stereocenters. The van der Waals surface area contributed by atoms with Crippen LogP contribution in [0.15, 0.2) is 29.3 Å². The van der Waals surface area contributed by atoms with Gasteiger partial charge in [0.25, 0.3) is 0 Å². The molecule has 3 nitrogen and oxygen atoms in total. The number of aliphatic hydroxyl groups is 1. The molecule has 0 heterocycles. The highest BCUT2D eigenvalue weighted by Gasteiger charge is 2.57. The van der Waals surface area contributed by atoms with Gasteiger partial charge in [-0.1, -0.05) is 32.0 Å². The van der Waals surface area contributed by atoms with Crippen molar-refractivity contribution in [1.82, 2.24) is 0 Å². The summed E-state index contributed by atoms with van der Waals surface area (Å²) < 4.78 is 0. The molecule has 134 valence electrons. The second-order valence-electron chi connectivity index (χ2n) is 8.46. The summed E-state index contributed by atoms with van der Waals surface area (Å²) >= 11 is 0. The number of hydrogen-bond acceptors (Lipinski definition) is 3. The molecule has 3 saturated carbocycles. The lowest BCUT2D eigenvalue weighted by Crippen LogP contribution is -2.40. The average Bonchev–Trinajstić information content (AvgIpc) is 2.90. The van der Waals surface area contributed by atoms with E-state index < -0.39 is 0 Å². The monoisotopic (exact) mass is 339 g/mol. The van der Waals surface area contributed by atoms with Gasteiger partial charge in [0.15, 0.2) is 5.78 Å². The Hall–Kier alpha value is -1.48. The van der Waals surface area contributed by atoms with Crippen LogP contribution in [0.3, 0.4) is 0 Å². The summed E-state index contributed by atoms with van der Waals surface area (Å²) in [4.78, 5) is 18.3. The van der Waals surface area contributed by atoms with E-state index in [0.29, 0.717) is 41.8 Å². The van der Waals surface area contributed by atoms with Crippen molar-refractivity contribution in [2.24, 2.45) is 40.5 Å². The first-order valence-corrected chi connectivity index (χ1v) is 9.93. The molecule has 0 radical (unpaired) electrons. The minimum Gasteiger partial charge on any atom is -0.396 e.